The fraction of sp³-hybridized carbons (Fsp3) is 0.211. The van der Waals surface area contributed by atoms with Gasteiger partial charge in [-0.05, 0) is 43.0 Å². The van der Waals surface area contributed by atoms with Crippen molar-refractivity contribution in [2.24, 2.45) is 0 Å². The van der Waals surface area contributed by atoms with Gasteiger partial charge in [0.25, 0.3) is 0 Å². The Morgan fingerprint density at radius 2 is 1.79 bits per heavy atom. The molecule has 0 fully saturated rings. The zero-order valence-corrected chi connectivity index (χ0v) is 14.0. The SMILES string of the molecule is Cc1cccc(Nc2nncc(NCCc3ccccc3)n2)c1C. The number of aryl methyl sites for hydroxylation is 1. The number of benzene rings is 2. The number of hydrogen-bond donors (Lipinski definition) is 2. The minimum atomic E-state index is 0.494. The number of rotatable bonds is 6. The Morgan fingerprint density at radius 1 is 0.958 bits per heavy atom. The topological polar surface area (TPSA) is 62.7 Å². The molecule has 0 unspecified atom stereocenters. The molecule has 1 heterocycles. The third-order valence-electron chi connectivity index (χ3n) is 3.97. The zero-order valence-electron chi connectivity index (χ0n) is 14.0. The van der Waals surface area contributed by atoms with Crippen molar-refractivity contribution in [1.29, 1.82) is 0 Å². The number of anilines is 3. The van der Waals surface area contributed by atoms with Crippen LogP contribution in [0, 0.1) is 13.8 Å². The molecule has 1 aromatic heterocycles. The van der Waals surface area contributed by atoms with E-state index in [2.05, 4.69) is 57.9 Å². The van der Waals surface area contributed by atoms with Crippen LogP contribution in [-0.2, 0) is 6.42 Å². The van der Waals surface area contributed by atoms with Crippen LogP contribution in [0.5, 0.6) is 0 Å². The fourth-order valence-electron chi connectivity index (χ4n) is 2.43. The van der Waals surface area contributed by atoms with Crippen molar-refractivity contribution in [2.45, 2.75) is 20.3 Å². The summed E-state index contributed by atoms with van der Waals surface area (Å²) < 4.78 is 0. The van der Waals surface area contributed by atoms with Gasteiger partial charge in [-0.25, -0.2) is 0 Å². The lowest BCUT2D eigenvalue weighted by Gasteiger charge is -2.11. The molecule has 0 atom stereocenters. The molecule has 5 heteroatoms. The van der Waals surface area contributed by atoms with Crippen LogP contribution in [0.25, 0.3) is 0 Å². The molecule has 0 radical (unpaired) electrons. The number of nitrogens with zero attached hydrogens (tertiary/aromatic N) is 3. The van der Waals surface area contributed by atoms with Gasteiger partial charge in [-0.15, -0.1) is 5.10 Å². The molecule has 0 spiro atoms. The Morgan fingerprint density at radius 3 is 2.62 bits per heavy atom. The molecule has 2 aromatic carbocycles. The van der Waals surface area contributed by atoms with Gasteiger partial charge in [0, 0.05) is 12.2 Å². The maximum Gasteiger partial charge on any atom is 0.249 e. The summed E-state index contributed by atoms with van der Waals surface area (Å²) in [6.45, 7) is 4.96. The quantitative estimate of drug-likeness (QED) is 0.722. The van der Waals surface area contributed by atoms with Crippen LogP contribution in [0.15, 0.2) is 54.7 Å². The van der Waals surface area contributed by atoms with Crippen LogP contribution in [-0.4, -0.2) is 21.7 Å². The van der Waals surface area contributed by atoms with Gasteiger partial charge in [0.15, 0.2) is 5.82 Å². The van der Waals surface area contributed by atoms with Gasteiger partial charge in [0.1, 0.15) is 0 Å². The van der Waals surface area contributed by atoms with E-state index in [1.807, 2.05) is 30.3 Å². The van der Waals surface area contributed by atoms with Crippen molar-refractivity contribution in [2.75, 3.05) is 17.2 Å². The van der Waals surface area contributed by atoms with E-state index in [4.69, 9.17) is 0 Å². The largest absolute Gasteiger partial charge is 0.368 e. The van der Waals surface area contributed by atoms with Gasteiger partial charge in [-0.3, -0.25) is 0 Å². The van der Waals surface area contributed by atoms with E-state index in [0.717, 1.165) is 18.7 Å². The monoisotopic (exact) mass is 319 g/mol. The maximum atomic E-state index is 4.47. The second-order valence-electron chi connectivity index (χ2n) is 5.70. The Labute approximate surface area is 142 Å². The minimum Gasteiger partial charge on any atom is -0.368 e. The standard InChI is InChI=1S/C19H21N5/c1-14-7-6-10-17(15(14)2)22-19-23-18(13-21-24-19)20-12-11-16-8-4-3-5-9-16/h3-10,13H,11-12H2,1-2H3,(H2,20,22,23,24). The number of hydrogen-bond acceptors (Lipinski definition) is 5. The lowest BCUT2D eigenvalue weighted by atomic mass is 10.1. The Bertz CT molecular complexity index is 802. The predicted molar refractivity (Wildman–Crippen MR) is 97.7 cm³/mol. The van der Waals surface area contributed by atoms with Gasteiger partial charge in [-0.2, -0.15) is 10.1 Å². The van der Waals surface area contributed by atoms with Crippen LogP contribution in [0.2, 0.25) is 0 Å². The first kappa shape index (κ1) is 15.9. The molecule has 122 valence electrons. The molecule has 24 heavy (non-hydrogen) atoms. The van der Waals surface area contributed by atoms with Crippen molar-refractivity contribution in [1.82, 2.24) is 15.2 Å². The average Bonchev–Trinajstić information content (AvgIpc) is 2.60. The third kappa shape index (κ3) is 4.07. The second-order valence-corrected chi connectivity index (χ2v) is 5.70. The van der Waals surface area contributed by atoms with Gasteiger partial charge in [0.2, 0.25) is 5.95 Å². The van der Waals surface area contributed by atoms with Gasteiger partial charge < -0.3 is 10.6 Å². The average molecular weight is 319 g/mol. The molecule has 5 nitrogen and oxygen atoms in total. The lowest BCUT2D eigenvalue weighted by molar-refractivity contribution is 0.950. The second kappa shape index (κ2) is 7.55. The third-order valence-corrected chi connectivity index (χ3v) is 3.97. The van der Waals surface area contributed by atoms with Crippen molar-refractivity contribution in [3.05, 3.63) is 71.4 Å². The zero-order chi connectivity index (χ0) is 16.8. The summed E-state index contributed by atoms with van der Waals surface area (Å²) in [4.78, 5) is 4.47. The van der Waals surface area contributed by atoms with E-state index >= 15 is 0 Å². The molecule has 0 saturated carbocycles. The van der Waals surface area contributed by atoms with Gasteiger partial charge in [0.05, 0.1) is 6.20 Å². The molecule has 3 rings (SSSR count). The first-order valence-corrected chi connectivity index (χ1v) is 8.03. The van der Waals surface area contributed by atoms with Crippen LogP contribution in [0.4, 0.5) is 17.5 Å². The normalized spacial score (nSPS) is 10.4. The molecule has 0 saturated heterocycles. The highest BCUT2D eigenvalue weighted by Gasteiger charge is 2.05. The molecule has 0 amide bonds. The summed E-state index contributed by atoms with van der Waals surface area (Å²) >= 11 is 0. The molecule has 0 aliphatic heterocycles. The molecule has 0 aliphatic rings. The Balaban J connectivity index is 1.62. The molecule has 0 aliphatic carbocycles. The van der Waals surface area contributed by atoms with E-state index in [0.29, 0.717) is 11.8 Å². The minimum absolute atomic E-state index is 0.494. The van der Waals surface area contributed by atoms with E-state index in [9.17, 15) is 0 Å². The molecule has 2 N–H and O–H groups in total. The van der Waals surface area contributed by atoms with E-state index < -0.39 is 0 Å². The van der Waals surface area contributed by atoms with E-state index in [-0.39, 0.29) is 0 Å². The number of nitrogens with one attached hydrogen (secondary N) is 2. The highest BCUT2D eigenvalue weighted by Crippen LogP contribution is 2.20. The maximum absolute atomic E-state index is 4.47. The first-order chi connectivity index (χ1) is 11.7. The van der Waals surface area contributed by atoms with Crippen LogP contribution in [0.3, 0.4) is 0 Å². The van der Waals surface area contributed by atoms with Crippen molar-refractivity contribution < 1.29 is 0 Å². The van der Waals surface area contributed by atoms with Crippen LogP contribution in [0.1, 0.15) is 16.7 Å². The van der Waals surface area contributed by atoms with Crippen LogP contribution >= 0.6 is 0 Å². The van der Waals surface area contributed by atoms with Crippen molar-refractivity contribution in [3.63, 3.8) is 0 Å². The van der Waals surface area contributed by atoms with E-state index in [1.54, 1.807) is 6.20 Å². The molecular weight excluding hydrogens is 298 g/mol. The highest BCUT2D eigenvalue weighted by molar-refractivity contribution is 5.60. The fourth-order valence-corrected chi connectivity index (χ4v) is 2.43. The number of aromatic nitrogens is 3. The Kier molecular flexibility index (Phi) is 5.01. The van der Waals surface area contributed by atoms with Gasteiger partial charge >= 0.3 is 0 Å². The van der Waals surface area contributed by atoms with Gasteiger partial charge in [-0.1, -0.05) is 42.5 Å². The predicted octanol–water partition coefficient (Wildman–Crippen LogP) is 3.89. The summed E-state index contributed by atoms with van der Waals surface area (Å²) in [6, 6.07) is 16.5. The Hall–Kier alpha value is -2.95. The highest BCUT2D eigenvalue weighted by atomic mass is 15.3. The summed E-state index contributed by atoms with van der Waals surface area (Å²) in [5.74, 6) is 1.21. The lowest BCUT2D eigenvalue weighted by Crippen LogP contribution is -2.09. The van der Waals surface area contributed by atoms with Crippen molar-refractivity contribution >= 4 is 17.5 Å². The summed E-state index contributed by atoms with van der Waals surface area (Å²) in [5.41, 5.74) is 4.70. The smallest absolute Gasteiger partial charge is 0.249 e. The van der Waals surface area contributed by atoms with Crippen LogP contribution < -0.4 is 10.6 Å². The molecular formula is C19H21N5. The molecule has 3 aromatic rings. The summed E-state index contributed by atoms with van der Waals surface area (Å²) in [5, 5.41) is 14.6. The first-order valence-electron chi connectivity index (χ1n) is 8.03. The summed E-state index contributed by atoms with van der Waals surface area (Å²) in [6.07, 6.45) is 2.57. The van der Waals surface area contributed by atoms with E-state index in [1.165, 1.54) is 16.7 Å². The van der Waals surface area contributed by atoms with Crippen molar-refractivity contribution in [3.8, 4) is 0 Å². The summed E-state index contributed by atoms with van der Waals surface area (Å²) in [7, 11) is 0. The molecule has 0 bridgehead atoms.